The molecule has 1 saturated carbocycles. The molecule has 0 aromatic heterocycles. The quantitative estimate of drug-likeness (QED) is 0.590. The Hall–Kier alpha value is -0.260. The molecule has 1 N–H and O–H groups in total. The minimum Gasteiger partial charge on any atom is -0.469 e. The second kappa shape index (κ2) is 8.82. The molecule has 1 atom stereocenters. The molecule has 112 valence electrons. The number of hydrogen-bond donors (Lipinski definition) is 1. The van der Waals surface area contributed by atoms with Crippen molar-refractivity contribution in [1.82, 2.24) is 5.32 Å². The average Bonchev–Trinajstić information content (AvgIpc) is 3.15. The van der Waals surface area contributed by atoms with Crippen molar-refractivity contribution in [3.05, 3.63) is 0 Å². The normalized spacial score (nSPS) is 18.1. The molecular weight excluding hydrogens is 262 g/mol. The van der Waals surface area contributed by atoms with Crippen LogP contribution in [0.1, 0.15) is 32.6 Å². The summed E-state index contributed by atoms with van der Waals surface area (Å²) >= 11 is 1.92. The minimum absolute atomic E-state index is 0.0735. The summed E-state index contributed by atoms with van der Waals surface area (Å²) in [6.07, 6.45) is 4.03. The molecule has 19 heavy (non-hydrogen) atoms. The van der Waals surface area contributed by atoms with Crippen LogP contribution >= 0.6 is 11.8 Å². The van der Waals surface area contributed by atoms with E-state index in [4.69, 9.17) is 9.47 Å². The van der Waals surface area contributed by atoms with Crippen LogP contribution in [0.15, 0.2) is 0 Å². The lowest BCUT2D eigenvalue weighted by Crippen LogP contribution is -2.36. The summed E-state index contributed by atoms with van der Waals surface area (Å²) in [5.41, 5.74) is 0.222. The van der Waals surface area contributed by atoms with E-state index in [0.717, 1.165) is 43.9 Å². The molecule has 5 heteroatoms. The third-order valence-electron chi connectivity index (χ3n) is 3.48. The van der Waals surface area contributed by atoms with E-state index in [0.29, 0.717) is 12.5 Å². The van der Waals surface area contributed by atoms with Gasteiger partial charge in [-0.25, -0.2) is 0 Å². The van der Waals surface area contributed by atoms with Crippen LogP contribution in [0.3, 0.4) is 0 Å². The van der Waals surface area contributed by atoms with E-state index in [9.17, 15) is 4.79 Å². The van der Waals surface area contributed by atoms with Crippen LogP contribution in [-0.2, 0) is 14.3 Å². The molecule has 0 saturated heterocycles. The maximum Gasteiger partial charge on any atom is 0.306 e. The van der Waals surface area contributed by atoms with Crippen molar-refractivity contribution >= 4 is 17.7 Å². The van der Waals surface area contributed by atoms with Gasteiger partial charge in [0.1, 0.15) is 0 Å². The van der Waals surface area contributed by atoms with E-state index in [1.165, 1.54) is 7.11 Å². The van der Waals surface area contributed by atoms with Gasteiger partial charge in [-0.1, -0.05) is 6.92 Å². The summed E-state index contributed by atoms with van der Waals surface area (Å²) in [5.74, 6) is 2.02. The lowest BCUT2D eigenvalue weighted by Gasteiger charge is -2.19. The van der Waals surface area contributed by atoms with Gasteiger partial charge < -0.3 is 14.8 Å². The summed E-state index contributed by atoms with van der Waals surface area (Å²) < 4.78 is 10.00. The molecule has 4 nitrogen and oxygen atoms in total. The van der Waals surface area contributed by atoms with Crippen LogP contribution in [0.2, 0.25) is 0 Å². The SMILES string of the molecule is CCCNC(COC)CSCC1(CC(=O)OC)CC1. The van der Waals surface area contributed by atoms with Gasteiger partial charge in [0.05, 0.1) is 20.1 Å². The van der Waals surface area contributed by atoms with Gasteiger partial charge in [0.15, 0.2) is 0 Å². The van der Waals surface area contributed by atoms with Crippen molar-refractivity contribution < 1.29 is 14.3 Å². The van der Waals surface area contributed by atoms with Crippen molar-refractivity contribution in [2.75, 3.05) is 38.9 Å². The fourth-order valence-corrected chi connectivity index (χ4v) is 3.50. The monoisotopic (exact) mass is 289 g/mol. The van der Waals surface area contributed by atoms with E-state index in [-0.39, 0.29) is 11.4 Å². The zero-order valence-corrected chi connectivity index (χ0v) is 13.2. The number of rotatable bonds is 11. The van der Waals surface area contributed by atoms with Crippen molar-refractivity contribution in [2.45, 2.75) is 38.6 Å². The van der Waals surface area contributed by atoms with Gasteiger partial charge >= 0.3 is 5.97 Å². The molecule has 1 unspecified atom stereocenters. The molecule has 1 fully saturated rings. The fourth-order valence-electron chi connectivity index (χ4n) is 2.06. The van der Waals surface area contributed by atoms with E-state index in [2.05, 4.69) is 12.2 Å². The van der Waals surface area contributed by atoms with Gasteiger partial charge in [0.2, 0.25) is 0 Å². The third kappa shape index (κ3) is 6.63. The Morgan fingerprint density at radius 3 is 2.68 bits per heavy atom. The van der Waals surface area contributed by atoms with Crippen molar-refractivity contribution in [3.8, 4) is 0 Å². The van der Waals surface area contributed by atoms with Crippen LogP contribution in [0.5, 0.6) is 0 Å². The molecule has 0 amide bonds. The summed E-state index contributed by atoms with van der Waals surface area (Å²) in [4.78, 5) is 11.3. The fraction of sp³-hybridized carbons (Fsp3) is 0.929. The Kier molecular flexibility index (Phi) is 7.80. The standard InChI is InChI=1S/C14H27NO3S/c1-4-7-15-12(9-17-2)10-19-11-14(5-6-14)8-13(16)18-3/h12,15H,4-11H2,1-3H3. The van der Waals surface area contributed by atoms with Crippen LogP contribution in [0.4, 0.5) is 0 Å². The molecule has 0 aromatic rings. The van der Waals surface area contributed by atoms with Gasteiger partial charge in [0, 0.05) is 18.9 Å². The highest BCUT2D eigenvalue weighted by atomic mass is 32.2. The van der Waals surface area contributed by atoms with Crippen LogP contribution in [0.25, 0.3) is 0 Å². The molecule has 0 aliphatic heterocycles. The second-order valence-corrected chi connectivity index (χ2v) is 6.40. The first-order valence-corrected chi connectivity index (χ1v) is 8.18. The molecule has 1 aliphatic carbocycles. The van der Waals surface area contributed by atoms with Crippen molar-refractivity contribution in [1.29, 1.82) is 0 Å². The highest BCUT2D eigenvalue weighted by molar-refractivity contribution is 7.99. The number of carbonyl (C=O) groups excluding carboxylic acids is 1. The molecule has 1 aliphatic rings. The highest BCUT2D eigenvalue weighted by Crippen LogP contribution is 2.51. The number of nitrogens with one attached hydrogen (secondary N) is 1. The zero-order chi connectivity index (χ0) is 14.1. The Bertz CT molecular complexity index is 269. The molecule has 1 rings (SSSR count). The first-order chi connectivity index (χ1) is 9.15. The van der Waals surface area contributed by atoms with E-state index >= 15 is 0 Å². The van der Waals surface area contributed by atoms with Crippen molar-refractivity contribution in [3.63, 3.8) is 0 Å². The maximum absolute atomic E-state index is 11.3. The minimum atomic E-state index is -0.0735. The Balaban J connectivity index is 2.21. The Morgan fingerprint density at radius 2 is 2.16 bits per heavy atom. The molecule has 0 heterocycles. The number of thioether (sulfide) groups is 1. The number of hydrogen-bond acceptors (Lipinski definition) is 5. The molecule has 0 bridgehead atoms. The topological polar surface area (TPSA) is 47.6 Å². The number of carbonyl (C=O) groups is 1. The largest absolute Gasteiger partial charge is 0.469 e. The average molecular weight is 289 g/mol. The first-order valence-electron chi connectivity index (χ1n) is 7.02. The second-order valence-electron chi connectivity index (χ2n) is 5.37. The van der Waals surface area contributed by atoms with Crippen LogP contribution < -0.4 is 5.32 Å². The summed E-state index contributed by atoms with van der Waals surface area (Å²) in [6, 6.07) is 0.406. The van der Waals surface area contributed by atoms with Gasteiger partial charge in [-0.05, 0) is 37.0 Å². The Labute approximate surface area is 121 Å². The molecular formula is C14H27NO3S. The smallest absolute Gasteiger partial charge is 0.306 e. The van der Waals surface area contributed by atoms with Gasteiger partial charge in [-0.3, -0.25) is 4.79 Å². The number of esters is 1. The summed E-state index contributed by atoms with van der Waals surface area (Å²) in [5, 5.41) is 3.49. The van der Waals surface area contributed by atoms with Gasteiger partial charge in [-0.2, -0.15) is 11.8 Å². The molecule has 0 radical (unpaired) electrons. The highest BCUT2D eigenvalue weighted by Gasteiger charge is 2.44. The van der Waals surface area contributed by atoms with E-state index in [1.54, 1.807) is 7.11 Å². The Morgan fingerprint density at radius 1 is 1.42 bits per heavy atom. The van der Waals surface area contributed by atoms with E-state index in [1.807, 2.05) is 11.8 Å². The lowest BCUT2D eigenvalue weighted by molar-refractivity contribution is -0.141. The molecule has 0 spiro atoms. The van der Waals surface area contributed by atoms with Crippen molar-refractivity contribution in [2.24, 2.45) is 5.41 Å². The third-order valence-corrected chi connectivity index (χ3v) is 4.94. The predicted octanol–water partition coefficient (Wildman–Crippen LogP) is 2.08. The predicted molar refractivity (Wildman–Crippen MR) is 79.6 cm³/mol. The van der Waals surface area contributed by atoms with Crippen LogP contribution in [0, 0.1) is 5.41 Å². The van der Waals surface area contributed by atoms with Gasteiger partial charge in [-0.15, -0.1) is 0 Å². The summed E-state index contributed by atoms with van der Waals surface area (Å²) in [7, 11) is 3.21. The summed E-state index contributed by atoms with van der Waals surface area (Å²) in [6.45, 7) is 3.94. The lowest BCUT2D eigenvalue weighted by atomic mass is 10.1. The zero-order valence-electron chi connectivity index (χ0n) is 12.4. The first kappa shape index (κ1) is 16.8. The van der Waals surface area contributed by atoms with Crippen LogP contribution in [-0.4, -0.2) is 50.9 Å². The number of ether oxygens (including phenoxy) is 2. The number of methoxy groups -OCH3 is 2. The maximum atomic E-state index is 11.3. The molecule has 0 aromatic carbocycles. The van der Waals surface area contributed by atoms with Gasteiger partial charge in [0.25, 0.3) is 0 Å². The van der Waals surface area contributed by atoms with E-state index < -0.39 is 0 Å².